The largest absolute Gasteiger partial charge is 0.497 e. The minimum atomic E-state index is -2.58. The predicted octanol–water partition coefficient (Wildman–Crippen LogP) is 2.61. The van der Waals surface area contributed by atoms with Crippen molar-refractivity contribution in [2.75, 3.05) is 30.5 Å². The number of hydrogen-bond donors (Lipinski definition) is 6. The molecule has 0 radical (unpaired) electrons. The molecule has 0 unspecified atom stereocenters. The fraction of sp³-hybridized carbons (Fsp3) is 0.400. The van der Waals surface area contributed by atoms with E-state index >= 15 is 4.79 Å². The van der Waals surface area contributed by atoms with Gasteiger partial charge in [-0.25, -0.2) is 0 Å². The summed E-state index contributed by atoms with van der Waals surface area (Å²) in [5, 5.41) is 54.1. The molecule has 14 nitrogen and oxygen atoms in total. The van der Waals surface area contributed by atoms with Crippen LogP contribution in [0.15, 0.2) is 103 Å². The van der Waals surface area contributed by atoms with E-state index in [4.69, 9.17) is 14.2 Å². The van der Waals surface area contributed by atoms with Gasteiger partial charge in [-0.1, -0.05) is 98.0 Å². The number of rotatable bonds is 13. The third-order valence-corrected chi connectivity index (χ3v) is 16.8. The van der Waals surface area contributed by atoms with Crippen LogP contribution in [0.5, 0.6) is 5.75 Å². The van der Waals surface area contributed by atoms with Crippen molar-refractivity contribution in [3.63, 3.8) is 0 Å². The summed E-state index contributed by atoms with van der Waals surface area (Å²) in [5.74, 6) is -0.972. The third kappa shape index (κ3) is 7.99. The van der Waals surface area contributed by atoms with Gasteiger partial charge in [0.05, 0.1) is 46.5 Å². The summed E-state index contributed by atoms with van der Waals surface area (Å²) in [4.78, 5) is 46.1. The Morgan fingerprint density at radius 3 is 2.27 bits per heavy atom. The first kappa shape index (κ1) is 43.1. The standard InChI is InChI=1S/C45H53N3O11Si/c1-27-41(60(3,4)32-19-17-31(57-2)18-20-32)35(24-36(50)47(21-22-49)25-28-11-6-5-7-12-28)59-45(27)33-15-8-9-16-34(33)48(44(45)56)26-29-13-10-14-30(23-29)46-42(54)40-38(52)37(51)39(53)43(55)58-40/h5-20,23,27,35,37-41,43,49,51-53,55H,21-22,24-26H2,1-4H3,(H,46,54)/t27-,35+,37-,38-,39+,40-,41-,43+,45+/m0/s1. The van der Waals surface area contributed by atoms with E-state index in [1.807, 2.05) is 73.7 Å². The normalized spacial score (nSPS) is 27.5. The highest BCUT2D eigenvalue weighted by Crippen LogP contribution is 2.60. The van der Waals surface area contributed by atoms with Gasteiger partial charge in [0.1, 0.15) is 24.1 Å². The maximum Gasteiger partial charge on any atom is 0.264 e. The van der Waals surface area contributed by atoms with Gasteiger partial charge in [0, 0.05) is 30.3 Å². The number of hydrogen-bond acceptors (Lipinski definition) is 11. The molecule has 1 spiro atoms. The molecule has 3 amide bonds. The molecule has 6 N–H and O–H groups in total. The highest BCUT2D eigenvalue weighted by atomic mass is 28.3. The maximum atomic E-state index is 15.3. The number of aliphatic hydroxyl groups excluding tert-OH is 5. The van der Waals surface area contributed by atoms with Crippen LogP contribution in [0.25, 0.3) is 0 Å². The molecule has 0 aliphatic carbocycles. The molecule has 15 heteroatoms. The Morgan fingerprint density at radius 1 is 0.883 bits per heavy atom. The van der Waals surface area contributed by atoms with Gasteiger partial charge in [-0.15, -0.1) is 0 Å². The van der Waals surface area contributed by atoms with Crippen LogP contribution in [-0.2, 0) is 42.5 Å². The molecule has 4 aromatic carbocycles. The van der Waals surface area contributed by atoms with Gasteiger partial charge in [-0.2, -0.15) is 0 Å². The van der Waals surface area contributed by atoms with E-state index in [9.17, 15) is 35.1 Å². The van der Waals surface area contributed by atoms with E-state index in [0.717, 1.165) is 16.5 Å². The monoisotopic (exact) mass is 839 g/mol. The Kier molecular flexibility index (Phi) is 12.6. The number of aliphatic hydroxyl groups is 5. The second-order valence-electron chi connectivity index (χ2n) is 16.4. The van der Waals surface area contributed by atoms with Gasteiger partial charge in [0.25, 0.3) is 11.8 Å². The zero-order valence-electron chi connectivity index (χ0n) is 34.0. The van der Waals surface area contributed by atoms with Crippen molar-refractivity contribution in [3.8, 4) is 5.75 Å². The molecule has 3 aliphatic heterocycles. The molecule has 3 heterocycles. The van der Waals surface area contributed by atoms with Crippen LogP contribution in [0.1, 0.15) is 30.0 Å². The number of carbonyl (C=O) groups is 3. The molecule has 60 heavy (non-hydrogen) atoms. The number of ether oxygens (including phenoxy) is 3. The summed E-state index contributed by atoms with van der Waals surface area (Å²) < 4.78 is 17.7. The Morgan fingerprint density at radius 2 is 1.57 bits per heavy atom. The van der Waals surface area contributed by atoms with Crippen LogP contribution in [-0.4, -0.2) is 113 Å². The van der Waals surface area contributed by atoms with E-state index in [1.54, 1.807) is 41.2 Å². The van der Waals surface area contributed by atoms with Gasteiger partial charge in [-0.05, 0) is 47.0 Å². The summed E-state index contributed by atoms with van der Waals surface area (Å²) in [7, 11) is -0.965. The summed E-state index contributed by atoms with van der Waals surface area (Å²) in [6, 6.07) is 31.9. The molecule has 3 aliphatic rings. The van der Waals surface area contributed by atoms with Crippen LogP contribution in [0.4, 0.5) is 11.4 Å². The van der Waals surface area contributed by atoms with Crippen molar-refractivity contribution in [2.24, 2.45) is 5.92 Å². The SMILES string of the molecule is COc1ccc([Si](C)(C)[C@@H]2[C@@H](CC(=O)N(CCO)Cc3ccccc3)O[C@]3(C(=O)N(Cc4cccc(NC(=O)[C@H]5O[C@@H](O)[C@H](O)[C@@H](O)[C@@H]5O)c4)c4ccccc43)[C@H]2C)cc1. The number of nitrogens with one attached hydrogen (secondary N) is 1. The van der Waals surface area contributed by atoms with Gasteiger partial charge in [0.2, 0.25) is 5.91 Å². The predicted molar refractivity (Wildman–Crippen MR) is 225 cm³/mol. The Balaban J connectivity index is 1.20. The average molecular weight is 840 g/mol. The van der Waals surface area contributed by atoms with E-state index < -0.39 is 56.4 Å². The third-order valence-electron chi connectivity index (χ3n) is 12.4. The average Bonchev–Trinajstić information content (AvgIpc) is 3.67. The number of amides is 3. The summed E-state index contributed by atoms with van der Waals surface area (Å²) >= 11 is 0. The lowest BCUT2D eigenvalue weighted by molar-refractivity contribution is -0.274. The summed E-state index contributed by atoms with van der Waals surface area (Å²) in [6.07, 6.45) is -9.58. The fourth-order valence-electron chi connectivity index (χ4n) is 9.36. The fourth-order valence-corrected chi connectivity index (χ4v) is 13.4. The molecule has 2 fully saturated rings. The quantitative estimate of drug-likeness (QED) is 0.108. The van der Waals surface area contributed by atoms with Crippen molar-refractivity contribution in [1.29, 1.82) is 0 Å². The van der Waals surface area contributed by atoms with Crippen LogP contribution in [0.3, 0.4) is 0 Å². The number of carbonyl (C=O) groups excluding carboxylic acids is 3. The second-order valence-corrected chi connectivity index (χ2v) is 21.1. The Hall–Kier alpha value is -4.97. The van der Waals surface area contributed by atoms with Crippen molar-refractivity contribution in [3.05, 3.63) is 120 Å². The number of para-hydroxylation sites is 1. The van der Waals surface area contributed by atoms with E-state index in [0.29, 0.717) is 29.0 Å². The van der Waals surface area contributed by atoms with Gasteiger partial charge < -0.3 is 54.9 Å². The zero-order chi connectivity index (χ0) is 42.9. The van der Waals surface area contributed by atoms with Gasteiger partial charge >= 0.3 is 0 Å². The van der Waals surface area contributed by atoms with Crippen LogP contribution in [0.2, 0.25) is 18.6 Å². The number of anilines is 2. The molecule has 0 saturated carbocycles. The van der Waals surface area contributed by atoms with Gasteiger partial charge in [0.15, 0.2) is 18.0 Å². The van der Waals surface area contributed by atoms with Crippen molar-refractivity contribution in [2.45, 2.75) is 87.5 Å². The first-order chi connectivity index (χ1) is 28.7. The lowest BCUT2D eigenvalue weighted by Gasteiger charge is -2.37. The lowest BCUT2D eigenvalue weighted by Crippen LogP contribution is -2.60. The summed E-state index contributed by atoms with van der Waals surface area (Å²) in [6.45, 7) is 6.88. The van der Waals surface area contributed by atoms with Crippen LogP contribution >= 0.6 is 0 Å². The molecule has 0 bridgehead atoms. The highest BCUT2D eigenvalue weighted by Gasteiger charge is 2.66. The van der Waals surface area contributed by atoms with E-state index in [1.165, 1.54) is 0 Å². The molecular formula is C45H53N3O11Si. The molecule has 318 valence electrons. The van der Waals surface area contributed by atoms with Crippen LogP contribution < -0.4 is 20.1 Å². The lowest BCUT2D eigenvalue weighted by atomic mass is 9.82. The number of fused-ring (bicyclic) bond motifs is 2. The van der Waals surface area contributed by atoms with Crippen LogP contribution in [0, 0.1) is 5.92 Å². The maximum absolute atomic E-state index is 15.3. The van der Waals surface area contributed by atoms with Gasteiger partial charge in [-0.3, -0.25) is 14.4 Å². The first-order valence-electron chi connectivity index (χ1n) is 20.1. The number of nitrogens with zero attached hydrogens (tertiary/aromatic N) is 2. The first-order valence-corrected chi connectivity index (χ1v) is 23.2. The molecule has 4 aromatic rings. The van der Waals surface area contributed by atoms with Crippen molar-refractivity contribution < 1.29 is 54.1 Å². The zero-order valence-corrected chi connectivity index (χ0v) is 35.0. The van der Waals surface area contributed by atoms with Crippen molar-refractivity contribution >= 4 is 42.4 Å². The Bertz CT molecular complexity index is 2180. The molecular weight excluding hydrogens is 787 g/mol. The van der Waals surface area contributed by atoms with E-state index in [2.05, 4.69) is 30.5 Å². The smallest absolute Gasteiger partial charge is 0.264 e. The Labute approximate surface area is 349 Å². The molecule has 9 atom stereocenters. The number of methoxy groups -OCH3 is 1. The number of benzene rings is 4. The minimum Gasteiger partial charge on any atom is -0.497 e. The molecule has 2 saturated heterocycles. The minimum absolute atomic E-state index is 0.000211. The molecule has 7 rings (SSSR count). The van der Waals surface area contributed by atoms with E-state index in [-0.39, 0.29) is 49.4 Å². The van der Waals surface area contributed by atoms with Crippen molar-refractivity contribution in [1.82, 2.24) is 4.90 Å². The highest BCUT2D eigenvalue weighted by molar-refractivity contribution is 6.91. The topological polar surface area (TPSA) is 199 Å². The molecule has 0 aromatic heterocycles. The summed E-state index contributed by atoms with van der Waals surface area (Å²) in [5.41, 5.74) is 1.59. The second kappa shape index (κ2) is 17.6.